The van der Waals surface area contributed by atoms with Crippen LogP contribution in [0.1, 0.15) is 17.4 Å². The van der Waals surface area contributed by atoms with E-state index in [2.05, 4.69) is 4.98 Å². The van der Waals surface area contributed by atoms with Crippen molar-refractivity contribution in [3.8, 4) is 16.9 Å². The number of fused-ring (bicyclic) bond motifs is 1. The van der Waals surface area contributed by atoms with Gasteiger partial charge in [-0.05, 0) is 42.3 Å². The molecule has 0 radical (unpaired) electrons. The van der Waals surface area contributed by atoms with Crippen molar-refractivity contribution in [2.75, 3.05) is 6.61 Å². The van der Waals surface area contributed by atoms with E-state index in [-0.39, 0.29) is 5.69 Å². The van der Waals surface area contributed by atoms with Gasteiger partial charge in [0.25, 0.3) is 0 Å². The number of H-pyrrole nitrogens is 1. The smallest absolute Gasteiger partial charge is 0.352 e. The Balaban J connectivity index is 2.08. The molecular formula is C17H15NO3. The van der Waals surface area contributed by atoms with Gasteiger partial charge in [-0.15, -0.1) is 0 Å². The first kappa shape index (κ1) is 13.2. The topological polar surface area (TPSA) is 62.3 Å². The summed E-state index contributed by atoms with van der Waals surface area (Å²) < 4.78 is 5.44. The van der Waals surface area contributed by atoms with Crippen molar-refractivity contribution in [2.24, 2.45) is 0 Å². The Bertz CT molecular complexity index is 787. The van der Waals surface area contributed by atoms with E-state index in [4.69, 9.17) is 9.84 Å². The zero-order chi connectivity index (χ0) is 14.8. The highest BCUT2D eigenvalue weighted by molar-refractivity contribution is 6.00. The highest BCUT2D eigenvalue weighted by atomic mass is 16.5. The van der Waals surface area contributed by atoms with Gasteiger partial charge in [-0.3, -0.25) is 0 Å². The van der Waals surface area contributed by atoms with Crippen molar-refractivity contribution in [3.05, 3.63) is 54.2 Å². The number of aromatic amines is 1. The Hall–Kier alpha value is -2.75. The molecule has 3 rings (SSSR count). The fourth-order valence-electron chi connectivity index (χ4n) is 2.42. The maximum Gasteiger partial charge on any atom is 0.352 e. The van der Waals surface area contributed by atoms with E-state index in [9.17, 15) is 4.79 Å². The summed E-state index contributed by atoms with van der Waals surface area (Å²) in [5, 5.41) is 10.00. The summed E-state index contributed by atoms with van der Waals surface area (Å²) in [5.74, 6) is -0.127. The summed E-state index contributed by atoms with van der Waals surface area (Å²) in [6.07, 6.45) is 0. The van der Waals surface area contributed by atoms with Crippen LogP contribution in [0.2, 0.25) is 0 Å². The van der Waals surface area contributed by atoms with Crippen molar-refractivity contribution in [1.82, 2.24) is 4.98 Å². The third-order valence-electron chi connectivity index (χ3n) is 3.37. The van der Waals surface area contributed by atoms with E-state index in [0.29, 0.717) is 6.61 Å². The summed E-state index contributed by atoms with van der Waals surface area (Å²) in [6.45, 7) is 2.58. The van der Waals surface area contributed by atoms with Crippen LogP contribution in [0, 0.1) is 0 Å². The van der Waals surface area contributed by atoms with Crippen LogP contribution in [0.5, 0.6) is 5.75 Å². The molecule has 0 bridgehead atoms. The van der Waals surface area contributed by atoms with Gasteiger partial charge in [0.1, 0.15) is 11.4 Å². The van der Waals surface area contributed by atoms with Crippen LogP contribution in [-0.2, 0) is 0 Å². The lowest BCUT2D eigenvalue weighted by Gasteiger charge is -2.06. The summed E-state index contributed by atoms with van der Waals surface area (Å²) in [6, 6.07) is 15.2. The Kier molecular flexibility index (Phi) is 3.36. The van der Waals surface area contributed by atoms with Gasteiger partial charge in [-0.25, -0.2) is 4.79 Å². The average Bonchev–Trinajstić information content (AvgIpc) is 2.93. The first-order valence-corrected chi connectivity index (χ1v) is 6.77. The predicted molar refractivity (Wildman–Crippen MR) is 81.9 cm³/mol. The highest BCUT2D eigenvalue weighted by Gasteiger charge is 2.11. The van der Waals surface area contributed by atoms with Crippen LogP contribution in [0.15, 0.2) is 48.5 Å². The molecule has 0 saturated carbocycles. The number of nitrogens with one attached hydrogen (secondary N) is 1. The molecule has 0 aliphatic heterocycles. The Morgan fingerprint density at radius 2 is 1.95 bits per heavy atom. The van der Waals surface area contributed by atoms with Gasteiger partial charge in [0.05, 0.1) is 6.61 Å². The molecule has 0 atom stereocenters. The molecule has 3 aromatic rings. The van der Waals surface area contributed by atoms with E-state index in [0.717, 1.165) is 27.8 Å². The molecule has 4 nitrogen and oxygen atoms in total. The number of aromatic carboxylic acids is 1. The Labute approximate surface area is 122 Å². The number of benzene rings is 2. The molecule has 1 aromatic heterocycles. The summed E-state index contributed by atoms with van der Waals surface area (Å²) in [7, 11) is 0. The van der Waals surface area contributed by atoms with E-state index >= 15 is 0 Å². The molecule has 1 heterocycles. The lowest BCUT2D eigenvalue weighted by Crippen LogP contribution is -1.94. The number of carbonyl (C=O) groups is 1. The number of carboxylic acid groups (broad SMARTS) is 1. The molecule has 2 aromatic carbocycles. The van der Waals surface area contributed by atoms with Gasteiger partial charge in [-0.2, -0.15) is 0 Å². The number of rotatable bonds is 4. The van der Waals surface area contributed by atoms with Crippen LogP contribution >= 0.6 is 0 Å². The van der Waals surface area contributed by atoms with E-state index in [1.807, 2.05) is 49.4 Å². The van der Waals surface area contributed by atoms with Gasteiger partial charge in [-0.1, -0.05) is 24.3 Å². The SMILES string of the molecule is CCOc1ccc(-c2cccc3[nH]c(C(=O)O)cc23)cc1. The second-order valence-corrected chi connectivity index (χ2v) is 4.71. The molecule has 0 fully saturated rings. The number of aromatic nitrogens is 1. The Morgan fingerprint density at radius 1 is 1.19 bits per heavy atom. The molecule has 4 heteroatoms. The molecular weight excluding hydrogens is 266 g/mol. The van der Waals surface area contributed by atoms with Crippen molar-refractivity contribution < 1.29 is 14.6 Å². The third kappa shape index (κ3) is 2.48. The number of hydrogen-bond donors (Lipinski definition) is 2. The molecule has 0 spiro atoms. The summed E-state index contributed by atoms with van der Waals surface area (Å²) >= 11 is 0. The fraction of sp³-hybridized carbons (Fsp3) is 0.118. The monoisotopic (exact) mass is 281 g/mol. The number of ether oxygens (including phenoxy) is 1. The van der Waals surface area contributed by atoms with Crippen LogP contribution in [-0.4, -0.2) is 22.7 Å². The molecule has 2 N–H and O–H groups in total. The minimum absolute atomic E-state index is 0.198. The molecule has 21 heavy (non-hydrogen) atoms. The zero-order valence-electron chi connectivity index (χ0n) is 11.6. The lowest BCUT2D eigenvalue weighted by molar-refractivity contribution is 0.0691. The van der Waals surface area contributed by atoms with Gasteiger partial charge < -0.3 is 14.8 Å². The molecule has 0 unspecified atom stereocenters. The van der Waals surface area contributed by atoms with E-state index in [1.54, 1.807) is 6.07 Å². The van der Waals surface area contributed by atoms with Crippen LogP contribution < -0.4 is 4.74 Å². The minimum atomic E-state index is -0.955. The zero-order valence-corrected chi connectivity index (χ0v) is 11.6. The lowest BCUT2D eigenvalue weighted by atomic mass is 10.0. The maximum absolute atomic E-state index is 11.1. The van der Waals surface area contributed by atoms with Crippen molar-refractivity contribution >= 4 is 16.9 Å². The van der Waals surface area contributed by atoms with E-state index < -0.39 is 5.97 Å². The molecule has 0 aliphatic rings. The summed E-state index contributed by atoms with van der Waals surface area (Å²) in [4.78, 5) is 14.0. The van der Waals surface area contributed by atoms with Crippen LogP contribution in [0.4, 0.5) is 0 Å². The molecule has 0 amide bonds. The maximum atomic E-state index is 11.1. The second kappa shape index (κ2) is 5.32. The van der Waals surface area contributed by atoms with Crippen molar-refractivity contribution in [2.45, 2.75) is 6.92 Å². The van der Waals surface area contributed by atoms with Crippen LogP contribution in [0.3, 0.4) is 0 Å². The van der Waals surface area contributed by atoms with Gasteiger partial charge in [0, 0.05) is 10.9 Å². The first-order chi connectivity index (χ1) is 10.2. The van der Waals surface area contributed by atoms with E-state index in [1.165, 1.54) is 0 Å². The number of hydrogen-bond acceptors (Lipinski definition) is 2. The van der Waals surface area contributed by atoms with Gasteiger partial charge in [0.15, 0.2) is 0 Å². The average molecular weight is 281 g/mol. The molecule has 0 saturated heterocycles. The first-order valence-electron chi connectivity index (χ1n) is 6.77. The van der Waals surface area contributed by atoms with Crippen molar-refractivity contribution in [1.29, 1.82) is 0 Å². The van der Waals surface area contributed by atoms with Crippen LogP contribution in [0.25, 0.3) is 22.0 Å². The quantitative estimate of drug-likeness (QED) is 0.761. The highest BCUT2D eigenvalue weighted by Crippen LogP contribution is 2.30. The fourth-order valence-corrected chi connectivity index (χ4v) is 2.42. The van der Waals surface area contributed by atoms with Gasteiger partial charge in [0.2, 0.25) is 0 Å². The number of carboxylic acids is 1. The second-order valence-electron chi connectivity index (χ2n) is 4.71. The largest absolute Gasteiger partial charge is 0.494 e. The molecule has 106 valence electrons. The van der Waals surface area contributed by atoms with Crippen molar-refractivity contribution in [3.63, 3.8) is 0 Å². The minimum Gasteiger partial charge on any atom is -0.494 e. The van der Waals surface area contributed by atoms with Gasteiger partial charge >= 0.3 is 5.97 Å². The standard InChI is InChI=1S/C17H15NO3/c1-2-21-12-8-6-11(7-9-12)13-4-3-5-15-14(13)10-16(18-15)17(19)20/h3-10,18H,2H2,1H3,(H,19,20). The summed E-state index contributed by atoms with van der Waals surface area (Å²) in [5.41, 5.74) is 3.04. The Morgan fingerprint density at radius 3 is 2.62 bits per heavy atom. The third-order valence-corrected chi connectivity index (χ3v) is 3.37. The predicted octanol–water partition coefficient (Wildman–Crippen LogP) is 3.93. The normalized spacial score (nSPS) is 10.7. The molecule has 0 aliphatic carbocycles.